The maximum atomic E-state index is 5.76. The van der Waals surface area contributed by atoms with E-state index >= 15 is 0 Å². The average Bonchev–Trinajstić information content (AvgIpc) is 2.94. The van der Waals surface area contributed by atoms with Crippen molar-refractivity contribution in [3.63, 3.8) is 0 Å². The highest BCUT2D eigenvalue weighted by atomic mass is 14.6. The summed E-state index contributed by atoms with van der Waals surface area (Å²) in [5.41, 5.74) is 9.68. The van der Waals surface area contributed by atoms with E-state index in [4.69, 9.17) is 5.73 Å². The molecule has 0 aromatic carbocycles. The molecule has 1 aliphatic rings. The van der Waals surface area contributed by atoms with E-state index in [9.17, 15) is 0 Å². The molecule has 0 aliphatic heterocycles. The summed E-state index contributed by atoms with van der Waals surface area (Å²) in [5, 5.41) is 0. The van der Waals surface area contributed by atoms with Gasteiger partial charge in [0.05, 0.1) is 0 Å². The van der Waals surface area contributed by atoms with Gasteiger partial charge in [-0.1, -0.05) is 57.6 Å². The fourth-order valence-corrected chi connectivity index (χ4v) is 2.88. The molecule has 1 aliphatic carbocycles. The summed E-state index contributed by atoms with van der Waals surface area (Å²) in [6, 6.07) is 0. The second kappa shape index (κ2) is 6.26. The molecule has 4 atom stereocenters. The van der Waals surface area contributed by atoms with Crippen LogP contribution >= 0.6 is 0 Å². The smallest absolute Gasteiger partial charge is 0.00113 e. The first-order chi connectivity index (χ1) is 8.38. The largest absolute Gasteiger partial charge is 0.403 e. The molecule has 0 bridgehead atoms. The van der Waals surface area contributed by atoms with E-state index in [0.29, 0.717) is 17.8 Å². The van der Waals surface area contributed by atoms with Gasteiger partial charge in [0.1, 0.15) is 0 Å². The van der Waals surface area contributed by atoms with Crippen molar-refractivity contribution < 1.29 is 0 Å². The van der Waals surface area contributed by atoms with Gasteiger partial charge in [0.25, 0.3) is 0 Å². The van der Waals surface area contributed by atoms with E-state index in [2.05, 4.69) is 46.4 Å². The number of hydrogen-bond acceptors (Lipinski definition) is 1. The molecule has 1 saturated carbocycles. The van der Waals surface area contributed by atoms with Crippen molar-refractivity contribution in [2.75, 3.05) is 0 Å². The molecule has 1 fully saturated rings. The van der Waals surface area contributed by atoms with Crippen LogP contribution in [0.3, 0.4) is 0 Å². The van der Waals surface area contributed by atoms with E-state index in [-0.39, 0.29) is 0 Å². The third-order valence-electron chi connectivity index (χ3n) is 4.29. The predicted octanol–water partition coefficient (Wildman–Crippen LogP) is 4.67. The molecular weight excluding hydrogens is 218 g/mol. The lowest BCUT2D eigenvalue weighted by Gasteiger charge is -2.10. The van der Waals surface area contributed by atoms with E-state index in [0.717, 1.165) is 24.5 Å². The summed E-state index contributed by atoms with van der Waals surface area (Å²) in [4.78, 5) is 0. The SMILES string of the molecule is C=C(CC)C(C)C/C=C1/C([C@@H](C)/C=C(/C)N)[C@@H]1C. The normalized spacial score (nSPS) is 29.2. The van der Waals surface area contributed by atoms with Crippen molar-refractivity contribution in [1.29, 1.82) is 0 Å². The Morgan fingerprint density at radius 1 is 1.44 bits per heavy atom. The van der Waals surface area contributed by atoms with Gasteiger partial charge in [-0.3, -0.25) is 0 Å². The molecule has 1 rings (SSSR count). The summed E-state index contributed by atoms with van der Waals surface area (Å²) in [7, 11) is 0. The number of hydrogen-bond donors (Lipinski definition) is 1. The molecule has 1 nitrogen and oxygen atoms in total. The number of allylic oxidation sites excluding steroid dienone is 5. The van der Waals surface area contributed by atoms with Crippen LogP contribution in [0.2, 0.25) is 0 Å². The molecule has 1 heteroatoms. The van der Waals surface area contributed by atoms with Crippen LogP contribution in [-0.2, 0) is 0 Å². The molecule has 0 amide bonds. The molecule has 0 aromatic heterocycles. The molecule has 0 radical (unpaired) electrons. The summed E-state index contributed by atoms with van der Waals surface area (Å²) in [6.07, 6.45) is 6.86. The Balaban J connectivity index is 2.55. The maximum Gasteiger partial charge on any atom is 0.00113 e. The zero-order valence-corrected chi connectivity index (χ0v) is 12.7. The lowest BCUT2D eigenvalue weighted by atomic mass is 9.96. The van der Waals surface area contributed by atoms with Crippen LogP contribution in [0.25, 0.3) is 0 Å². The fourth-order valence-electron chi connectivity index (χ4n) is 2.88. The van der Waals surface area contributed by atoms with Gasteiger partial charge in [-0.2, -0.15) is 0 Å². The van der Waals surface area contributed by atoms with Crippen LogP contribution in [0, 0.1) is 23.7 Å². The molecule has 2 unspecified atom stereocenters. The van der Waals surface area contributed by atoms with Gasteiger partial charge in [0.15, 0.2) is 0 Å². The Kier molecular flexibility index (Phi) is 5.25. The first-order valence-corrected chi connectivity index (χ1v) is 7.19. The number of nitrogens with two attached hydrogens (primary N) is 1. The molecule has 0 heterocycles. The summed E-state index contributed by atoms with van der Waals surface area (Å²) in [5.74, 6) is 2.63. The van der Waals surface area contributed by atoms with E-state index in [1.807, 2.05) is 6.92 Å². The van der Waals surface area contributed by atoms with E-state index < -0.39 is 0 Å². The minimum Gasteiger partial charge on any atom is -0.403 e. The van der Waals surface area contributed by atoms with Gasteiger partial charge in [0, 0.05) is 5.70 Å². The van der Waals surface area contributed by atoms with E-state index in [1.54, 1.807) is 5.57 Å². The van der Waals surface area contributed by atoms with Crippen molar-refractivity contribution in [3.05, 3.63) is 35.6 Å². The van der Waals surface area contributed by atoms with Crippen LogP contribution in [0.4, 0.5) is 0 Å². The van der Waals surface area contributed by atoms with Gasteiger partial charge < -0.3 is 5.73 Å². The Morgan fingerprint density at radius 2 is 2.06 bits per heavy atom. The van der Waals surface area contributed by atoms with Gasteiger partial charge in [-0.05, 0) is 43.4 Å². The highest BCUT2D eigenvalue weighted by Crippen LogP contribution is 2.51. The summed E-state index contributed by atoms with van der Waals surface area (Å²) < 4.78 is 0. The zero-order chi connectivity index (χ0) is 13.9. The van der Waals surface area contributed by atoms with Crippen LogP contribution in [0.1, 0.15) is 47.5 Å². The van der Waals surface area contributed by atoms with Crippen molar-refractivity contribution >= 4 is 0 Å². The third-order valence-corrected chi connectivity index (χ3v) is 4.29. The van der Waals surface area contributed by atoms with Crippen LogP contribution in [0.15, 0.2) is 35.6 Å². The van der Waals surface area contributed by atoms with Crippen molar-refractivity contribution in [2.45, 2.75) is 47.5 Å². The summed E-state index contributed by atoms with van der Waals surface area (Å²) >= 11 is 0. The van der Waals surface area contributed by atoms with Gasteiger partial charge >= 0.3 is 0 Å². The first-order valence-electron chi connectivity index (χ1n) is 7.19. The molecule has 0 aromatic rings. The molecule has 0 spiro atoms. The van der Waals surface area contributed by atoms with Gasteiger partial charge in [0.2, 0.25) is 0 Å². The fraction of sp³-hybridized carbons (Fsp3) is 0.647. The summed E-state index contributed by atoms with van der Waals surface area (Å²) in [6.45, 7) is 15.2. The molecular formula is C17H29N. The average molecular weight is 247 g/mol. The standard InChI is InChI=1S/C17H29N/c1-7-11(2)12(3)8-9-16-15(6)17(16)13(4)10-14(5)18/h9-10,12-13,15,17H,2,7-8,18H2,1,3-6H3/b14-10-,16-9+/t12?,13-,15+,17?/m0/s1. The molecule has 0 saturated heterocycles. The number of rotatable bonds is 6. The Morgan fingerprint density at radius 3 is 2.56 bits per heavy atom. The maximum absolute atomic E-state index is 5.76. The second-order valence-corrected chi connectivity index (χ2v) is 5.94. The Bertz CT molecular complexity index is 358. The van der Waals surface area contributed by atoms with Crippen LogP contribution in [0.5, 0.6) is 0 Å². The minimum absolute atomic E-state index is 0.570. The van der Waals surface area contributed by atoms with Gasteiger partial charge in [-0.25, -0.2) is 0 Å². The van der Waals surface area contributed by atoms with Crippen LogP contribution < -0.4 is 5.73 Å². The molecule has 102 valence electrons. The van der Waals surface area contributed by atoms with Crippen molar-refractivity contribution in [2.24, 2.45) is 29.4 Å². The third kappa shape index (κ3) is 3.76. The Hall–Kier alpha value is -0.980. The zero-order valence-electron chi connectivity index (χ0n) is 12.7. The highest BCUT2D eigenvalue weighted by Gasteiger charge is 2.42. The van der Waals surface area contributed by atoms with Crippen molar-refractivity contribution in [1.82, 2.24) is 0 Å². The van der Waals surface area contributed by atoms with Crippen molar-refractivity contribution in [3.8, 4) is 0 Å². The van der Waals surface area contributed by atoms with E-state index in [1.165, 1.54) is 5.57 Å². The highest BCUT2D eigenvalue weighted by molar-refractivity contribution is 5.31. The first kappa shape index (κ1) is 15.1. The quantitative estimate of drug-likeness (QED) is 0.678. The Labute approximate surface area is 113 Å². The molecule has 2 N–H and O–H groups in total. The lowest BCUT2D eigenvalue weighted by Crippen LogP contribution is -2.00. The van der Waals surface area contributed by atoms with Gasteiger partial charge in [-0.15, -0.1) is 0 Å². The predicted molar refractivity (Wildman–Crippen MR) is 81.1 cm³/mol. The van der Waals surface area contributed by atoms with Crippen LogP contribution in [-0.4, -0.2) is 0 Å². The second-order valence-electron chi connectivity index (χ2n) is 5.94. The minimum atomic E-state index is 0.570. The topological polar surface area (TPSA) is 26.0 Å². The monoisotopic (exact) mass is 247 g/mol. The lowest BCUT2D eigenvalue weighted by molar-refractivity contribution is 0.589. The molecule has 18 heavy (non-hydrogen) atoms.